The van der Waals surface area contributed by atoms with Gasteiger partial charge in [0.15, 0.2) is 0 Å². The van der Waals surface area contributed by atoms with Gasteiger partial charge in [-0.05, 0) is 63.0 Å². The lowest BCUT2D eigenvalue weighted by Crippen LogP contribution is -2.53. The topological polar surface area (TPSA) is 65.4 Å². The summed E-state index contributed by atoms with van der Waals surface area (Å²) in [6, 6.07) is 13.4. The molecule has 0 spiro atoms. The number of anilines is 1. The third kappa shape index (κ3) is 4.55. The van der Waals surface area contributed by atoms with Crippen molar-refractivity contribution >= 4 is 17.2 Å². The van der Waals surface area contributed by atoms with E-state index in [-0.39, 0.29) is 17.7 Å². The van der Waals surface area contributed by atoms with E-state index in [1.165, 1.54) is 11.1 Å². The summed E-state index contributed by atoms with van der Waals surface area (Å²) in [5, 5.41) is 8.01. The van der Waals surface area contributed by atoms with E-state index in [1.54, 1.807) is 0 Å². The number of aromatic nitrogens is 2. The number of methoxy groups -OCH3 is 1. The van der Waals surface area contributed by atoms with Crippen molar-refractivity contribution in [3.8, 4) is 11.1 Å². The number of nitrogens with one attached hydrogen (secondary N) is 1. The normalized spacial score (nSPS) is 18.1. The van der Waals surface area contributed by atoms with Crippen molar-refractivity contribution in [2.24, 2.45) is 0 Å². The quantitative estimate of drug-likeness (QED) is 0.589. The van der Waals surface area contributed by atoms with Crippen LogP contribution in [0.25, 0.3) is 16.6 Å². The molecule has 2 aromatic heterocycles. The van der Waals surface area contributed by atoms with Crippen molar-refractivity contribution in [2.75, 3.05) is 58.3 Å². The van der Waals surface area contributed by atoms with Crippen LogP contribution in [0.4, 0.5) is 10.5 Å². The monoisotopic (exact) mass is 490 g/mol. The molecule has 0 unspecified atom stereocenters. The Hall–Kier alpha value is -3.10. The largest absolute Gasteiger partial charge is 0.373 e. The van der Waals surface area contributed by atoms with Crippen LogP contribution in [0.3, 0.4) is 0 Å². The van der Waals surface area contributed by atoms with Crippen LogP contribution in [0.5, 0.6) is 0 Å². The molecule has 8 nitrogen and oxygen atoms in total. The van der Waals surface area contributed by atoms with Gasteiger partial charge in [0.1, 0.15) is 0 Å². The van der Waals surface area contributed by atoms with Crippen LogP contribution < -0.4 is 10.2 Å². The van der Waals surface area contributed by atoms with Gasteiger partial charge in [-0.1, -0.05) is 24.3 Å². The zero-order valence-corrected chi connectivity index (χ0v) is 21.9. The molecule has 3 aromatic rings. The summed E-state index contributed by atoms with van der Waals surface area (Å²) in [5.74, 6) is 0. The Bertz CT molecular complexity index is 1190. The van der Waals surface area contributed by atoms with Gasteiger partial charge in [-0.15, -0.1) is 0 Å². The summed E-state index contributed by atoms with van der Waals surface area (Å²) in [4.78, 5) is 18.9. The fourth-order valence-electron chi connectivity index (χ4n) is 5.42. The molecule has 0 radical (unpaired) electrons. The van der Waals surface area contributed by atoms with Gasteiger partial charge in [0, 0.05) is 64.3 Å². The van der Waals surface area contributed by atoms with E-state index in [4.69, 9.17) is 4.74 Å². The minimum atomic E-state index is -0.197. The molecule has 0 atom stereocenters. The maximum atomic E-state index is 12.7. The lowest BCUT2D eigenvalue weighted by atomic mass is 9.84. The predicted molar refractivity (Wildman–Crippen MR) is 143 cm³/mol. The standard InChI is InChI=1S/C28H38N6O2/c1-21(2)31(3)27(35)33-17-15-32(16-18-33)25-9-12-30-34-20-23(19-26(25)34)22-5-7-24(8-6-22)28(36-4)10-13-29-14-11-28/h5-9,12,19-21,29H,10-11,13-18H2,1-4H3. The molecule has 192 valence electrons. The molecule has 8 heteroatoms. The van der Waals surface area contributed by atoms with Gasteiger partial charge in [0.25, 0.3) is 0 Å². The van der Waals surface area contributed by atoms with Crippen LogP contribution in [0.15, 0.2) is 48.8 Å². The van der Waals surface area contributed by atoms with Crippen LogP contribution in [0.1, 0.15) is 32.3 Å². The van der Waals surface area contributed by atoms with Crippen molar-refractivity contribution in [1.82, 2.24) is 24.7 Å². The lowest BCUT2D eigenvalue weighted by molar-refractivity contribution is -0.0391. The highest BCUT2D eigenvalue weighted by Gasteiger charge is 2.33. The number of carbonyl (C=O) groups is 1. The van der Waals surface area contributed by atoms with E-state index in [0.717, 1.165) is 68.9 Å². The van der Waals surface area contributed by atoms with Crippen LogP contribution in [0.2, 0.25) is 0 Å². The number of piperazine rings is 1. The molecule has 5 rings (SSSR count). The first-order chi connectivity index (χ1) is 17.4. The molecule has 2 saturated heterocycles. The number of urea groups is 1. The summed E-state index contributed by atoms with van der Waals surface area (Å²) in [6.45, 7) is 9.09. The zero-order valence-electron chi connectivity index (χ0n) is 21.9. The number of hydrogen-bond donors (Lipinski definition) is 1. The SMILES string of the molecule is COC1(c2ccc(-c3cc4c(N5CCN(C(=O)N(C)C(C)C)CC5)ccnn4c3)cc2)CCNCC1. The Kier molecular flexibility index (Phi) is 6.90. The average molecular weight is 491 g/mol. The molecule has 0 aliphatic carbocycles. The van der Waals surface area contributed by atoms with E-state index in [2.05, 4.69) is 57.9 Å². The van der Waals surface area contributed by atoms with E-state index in [0.29, 0.717) is 0 Å². The minimum absolute atomic E-state index is 0.109. The Labute approximate surface area is 213 Å². The fraction of sp³-hybridized carbons (Fsp3) is 0.500. The Morgan fingerprint density at radius 2 is 1.75 bits per heavy atom. The number of nitrogens with zero attached hydrogens (tertiary/aromatic N) is 5. The van der Waals surface area contributed by atoms with E-state index in [1.807, 2.05) is 48.5 Å². The third-order valence-electron chi connectivity index (χ3n) is 8.00. The highest BCUT2D eigenvalue weighted by molar-refractivity contribution is 5.80. The molecule has 2 amide bonds. The van der Waals surface area contributed by atoms with Gasteiger partial charge in [-0.3, -0.25) is 0 Å². The van der Waals surface area contributed by atoms with Crippen LogP contribution in [-0.2, 0) is 10.3 Å². The van der Waals surface area contributed by atoms with Gasteiger partial charge in [-0.2, -0.15) is 5.10 Å². The second-order valence-electron chi connectivity index (χ2n) is 10.3. The molecule has 1 aromatic carbocycles. The van der Waals surface area contributed by atoms with Gasteiger partial charge in [-0.25, -0.2) is 9.31 Å². The minimum Gasteiger partial charge on any atom is -0.373 e. The fourth-order valence-corrected chi connectivity index (χ4v) is 5.42. The van der Waals surface area contributed by atoms with Gasteiger partial charge in [0.2, 0.25) is 0 Å². The molecular weight excluding hydrogens is 452 g/mol. The Morgan fingerprint density at radius 1 is 1.06 bits per heavy atom. The highest BCUT2D eigenvalue weighted by Crippen LogP contribution is 2.36. The van der Waals surface area contributed by atoms with Crippen LogP contribution in [-0.4, -0.2) is 84.9 Å². The average Bonchev–Trinajstić information content (AvgIpc) is 3.37. The number of carbonyl (C=O) groups excluding carboxylic acids is 1. The summed E-state index contributed by atoms with van der Waals surface area (Å²) in [5.41, 5.74) is 5.60. The molecule has 0 saturated carbocycles. The van der Waals surface area contributed by atoms with Gasteiger partial charge < -0.3 is 24.8 Å². The molecule has 36 heavy (non-hydrogen) atoms. The maximum Gasteiger partial charge on any atom is 0.320 e. The third-order valence-corrected chi connectivity index (χ3v) is 8.00. The van der Waals surface area contributed by atoms with Crippen molar-refractivity contribution in [2.45, 2.75) is 38.3 Å². The number of benzene rings is 1. The second kappa shape index (κ2) is 10.1. The molecule has 2 fully saturated rings. The number of hydrogen-bond acceptors (Lipinski definition) is 5. The summed E-state index contributed by atoms with van der Waals surface area (Å²) in [7, 11) is 3.70. The van der Waals surface area contributed by atoms with Gasteiger partial charge >= 0.3 is 6.03 Å². The van der Waals surface area contributed by atoms with Crippen molar-refractivity contribution in [1.29, 1.82) is 0 Å². The van der Waals surface area contributed by atoms with Crippen LogP contribution in [0, 0.1) is 0 Å². The number of amides is 2. The highest BCUT2D eigenvalue weighted by atomic mass is 16.5. The van der Waals surface area contributed by atoms with Crippen LogP contribution >= 0.6 is 0 Å². The summed E-state index contributed by atoms with van der Waals surface area (Å²) < 4.78 is 7.97. The van der Waals surface area contributed by atoms with Crippen molar-refractivity contribution < 1.29 is 9.53 Å². The first-order valence-electron chi connectivity index (χ1n) is 13.0. The van der Waals surface area contributed by atoms with Gasteiger partial charge in [0.05, 0.1) is 16.8 Å². The zero-order chi connectivity index (χ0) is 25.3. The molecule has 4 heterocycles. The van der Waals surface area contributed by atoms with Crippen molar-refractivity contribution in [3.05, 3.63) is 54.4 Å². The first kappa shape index (κ1) is 24.6. The summed E-state index contributed by atoms with van der Waals surface area (Å²) in [6.07, 6.45) is 5.93. The number of rotatable bonds is 5. The van der Waals surface area contributed by atoms with Crippen molar-refractivity contribution in [3.63, 3.8) is 0 Å². The molecule has 2 aliphatic rings. The maximum absolute atomic E-state index is 12.7. The van der Waals surface area contributed by atoms with E-state index < -0.39 is 0 Å². The number of piperidine rings is 1. The number of ether oxygens (including phenoxy) is 1. The Balaban J connectivity index is 1.34. The molecular formula is C28H38N6O2. The Morgan fingerprint density at radius 3 is 2.39 bits per heavy atom. The smallest absolute Gasteiger partial charge is 0.320 e. The molecule has 0 bridgehead atoms. The predicted octanol–water partition coefficient (Wildman–Crippen LogP) is 3.81. The van der Waals surface area contributed by atoms with E-state index >= 15 is 0 Å². The molecule has 2 aliphatic heterocycles. The lowest BCUT2D eigenvalue weighted by Gasteiger charge is -2.38. The first-order valence-corrected chi connectivity index (χ1v) is 13.0. The number of fused-ring (bicyclic) bond motifs is 1. The van der Waals surface area contributed by atoms with E-state index in [9.17, 15) is 4.79 Å². The molecule has 1 N–H and O–H groups in total. The summed E-state index contributed by atoms with van der Waals surface area (Å²) >= 11 is 0. The second-order valence-corrected chi connectivity index (χ2v) is 10.3.